The van der Waals surface area contributed by atoms with Gasteiger partial charge in [0.1, 0.15) is 6.61 Å². The van der Waals surface area contributed by atoms with Crippen LogP contribution in [0.5, 0.6) is 11.5 Å². The largest absolute Gasteiger partial charge is 0.488 e. The standard InChI is InChI=1S/C31H37N3O6S/c1-7-25-17-28(30(38-9-3)22(6)32-25)39-18-23-14-15-26(24(16-23)19-37-8-2)27-12-10-11-13-29(27)41(35,36)34-31-20(4)21(5)33-40-31/h10-17,34H,7-9,18-19H2,1-6H3. The predicted molar refractivity (Wildman–Crippen MR) is 158 cm³/mol. The molecule has 0 unspecified atom stereocenters. The number of hydrogen-bond acceptors (Lipinski definition) is 8. The summed E-state index contributed by atoms with van der Waals surface area (Å²) in [6.07, 6.45) is 0.781. The van der Waals surface area contributed by atoms with Gasteiger partial charge in [-0.15, -0.1) is 0 Å². The zero-order chi connectivity index (χ0) is 29.6. The van der Waals surface area contributed by atoms with E-state index in [1.165, 1.54) is 0 Å². The quantitative estimate of drug-likeness (QED) is 0.190. The van der Waals surface area contributed by atoms with Gasteiger partial charge in [-0.05, 0) is 69.9 Å². The molecule has 4 aromatic rings. The molecule has 218 valence electrons. The third-order valence-electron chi connectivity index (χ3n) is 6.69. The maximum absolute atomic E-state index is 13.5. The van der Waals surface area contributed by atoms with Gasteiger partial charge in [-0.1, -0.05) is 42.4 Å². The average molecular weight is 580 g/mol. The molecule has 0 radical (unpaired) electrons. The summed E-state index contributed by atoms with van der Waals surface area (Å²) in [4.78, 5) is 4.72. The van der Waals surface area contributed by atoms with Crippen LogP contribution in [0.2, 0.25) is 0 Å². The van der Waals surface area contributed by atoms with Crippen LogP contribution in [0.25, 0.3) is 11.1 Å². The molecule has 0 saturated carbocycles. The first kappa shape index (κ1) is 30.1. The molecule has 0 spiro atoms. The summed E-state index contributed by atoms with van der Waals surface area (Å²) < 4.78 is 52.6. The lowest BCUT2D eigenvalue weighted by atomic mass is 9.98. The monoisotopic (exact) mass is 579 g/mol. The summed E-state index contributed by atoms with van der Waals surface area (Å²) in [5, 5.41) is 3.86. The molecule has 10 heteroatoms. The first-order chi connectivity index (χ1) is 19.7. The van der Waals surface area contributed by atoms with E-state index in [-0.39, 0.29) is 17.4 Å². The maximum Gasteiger partial charge on any atom is 0.264 e. The smallest absolute Gasteiger partial charge is 0.264 e. The first-order valence-corrected chi connectivity index (χ1v) is 15.2. The number of nitrogens with zero attached hydrogens (tertiary/aromatic N) is 2. The number of aryl methyl sites for hydroxylation is 3. The highest BCUT2D eigenvalue weighted by atomic mass is 32.2. The van der Waals surface area contributed by atoms with E-state index >= 15 is 0 Å². The molecule has 0 atom stereocenters. The molecule has 2 heterocycles. The van der Waals surface area contributed by atoms with Gasteiger partial charge in [-0.2, -0.15) is 0 Å². The van der Waals surface area contributed by atoms with Gasteiger partial charge in [-0.3, -0.25) is 4.98 Å². The summed E-state index contributed by atoms with van der Waals surface area (Å²) >= 11 is 0. The lowest BCUT2D eigenvalue weighted by molar-refractivity contribution is 0.134. The first-order valence-electron chi connectivity index (χ1n) is 13.7. The Kier molecular flexibility index (Phi) is 9.67. The Morgan fingerprint density at radius 2 is 1.66 bits per heavy atom. The minimum absolute atomic E-state index is 0.100. The molecule has 0 aliphatic rings. The molecule has 0 bridgehead atoms. The fourth-order valence-electron chi connectivity index (χ4n) is 4.41. The molecule has 0 saturated heterocycles. The second-order valence-electron chi connectivity index (χ2n) is 9.55. The van der Waals surface area contributed by atoms with Gasteiger partial charge >= 0.3 is 0 Å². The molecule has 41 heavy (non-hydrogen) atoms. The Balaban J connectivity index is 1.68. The van der Waals surface area contributed by atoms with Gasteiger partial charge in [0.2, 0.25) is 5.88 Å². The predicted octanol–water partition coefficient (Wildman–Crippen LogP) is 6.54. The van der Waals surface area contributed by atoms with Gasteiger partial charge in [0.05, 0.1) is 29.5 Å². The highest BCUT2D eigenvalue weighted by molar-refractivity contribution is 7.92. The molecule has 0 amide bonds. The molecule has 4 rings (SSSR count). The van der Waals surface area contributed by atoms with Crippen LogP contribution in [-0.4, -0.2) is 31.8 Å². The number of pyridine rings is 1. The number of aromatic nitrogens is 2. The summed E-state index contributed by atoms with van der Waals surface area (Å²) in [5.74, 6) is 1.38. The zero-order valence-corrected chi connectivity index (χ0v) is 25.2. The van der Waals surface area contributed by atoms with E-state index in [0.29, 0.717) is 48.1 Å². The summed E-state index contributed by atoms with van der Waals surface area (Å²) in [7, 11) is -3.99. The maximum atomic E-state index is 13.5. The van der Waals surface area contributed by atoms with Gasteiger partial charge in [0, 0.05) is 29.5 Å². The summed E-state index contributed by atoms with van der Waals surface area (Å²) in [5.41, 5.74) is 6.01. The second-order valence-corrected chi connectivity index (χ2v) is 11.2. The normalized spacial score (nSPS) is 11.5. The lowest BCUT2D eigenvalue weighted by Crippen LogP contribution is -2.14. The van der Waals surface area contributed by atoms with Crippen molar-refractivity contribution in [1.29, 1.82) is 0 Å². The number of benzene rings is 2. The molecule has 0 fully saturated rings. The van der Waals surface area contributed by atoms with E-state index in [1.54, 1.807) is 32.0 Å². The van der Waals surface area contributed by atoms with Gasteiger partial charge < -0.3 is 18.7 Å². The van der Waals surface area contributed by atoms with Crippen molar-refractivity contribution in [3.05, 3.63) is 82.3 Å². The van der Waals surface area contributed by atoms with E-state index in [4.69, 9.17) is 18.7 Å². The van der Waals surface area contributed by atoms with Crippen molar-refractivity contribution in [2.45, 2.75) is 66.1 Å². The van der Waals surface area contributed by atoms with Crippen LogP contribution >= 0.6 is 0 Å². The van der Waals surface area contributed by atoms with Crippen molar-refractivity contribution in [3.8, 4) is 22.6 Å². The average Bonchev–Trinajstić information content (AvgIpc) is 3.27. The molecule has 0 aliphatic carbocycles. The van der Waals surface area contributed by atoms with Crippen LogP contribution in [0.1, 0.15) is 54.5 Å². The van der Waals surface area contributed by atoms with E-state index in [9.17, 15) is 8.42 Å². The fourth-order valence-corrected chi connectivity index (χ4v) is 5.67. The van der Waals surface area contributed by atoms with E-state index in [0.717, 1.165) is 34.5 Å². The van der Waals surface area contributed by atoms with Crippen LogP contribution in [0.15, 0.2) is 57.9 Å². The Bertz CT molecular complexity index is 1610. The van der Waals surface area contributed by atoms with Crippen molar-refractivity contribution in [2.24, 2.45) is 0 Å². The lowest BCUT2D eigenvalue weighted by Gasteiger charge is -2.17. The van der Waals surface area contributed by atoms with Crippen LogP contribution in [0.4, 0.5) is 5.88 Å². The minimum atomic E-state index is -3.99. The third-order valence-corrected chi connectivity index (χ3v) is 8.08. The Hall–Kier alpha value is -3.89. The van der Waals surface area contributed by atoms with E-state index in [2.05, 4.69) is 14.9 Å². The topological polar surface area (TPSA) is 113 Å². The second kappa shape index (κ2) is 13.2. The fraction of sp³-hybridized carbons (Fsp3) is 0.355. The van der Waals surface area contributed by atoms with Crippen LogP contribution in [0.3, 0.4) is 0 Å². The van der Waals surface area contributed by atoms with Gasteiger partial charge in [0.15, 0.2) is 11.5 Å². The number of hydrogen-bond donors (Lipinski definition) is 1. The Labute approximate surface area is 241 Å². The molecule has 0 aliphatic heterocycles. The van der Waals surface area contributed by atoms with Crippen molar-refractivity contribution in [3.63, 3.8) is 0 Å². The number of anilines is 1. The van der Waals surface area contributed by atoms with Crippen LogP contribution in [0, 0.1) is 20.8 Å². The highest BCUT2D eigenvalue weighted by Crippen LogP contribution is 2.35. The highest BCUT2D eigenvalue weighted by Gasteiger charge is 2.24. The number of ether oxygens (including phenoxy) is 3. The van der Waals surface area contributed by atoms with Crippen LogP contribution in [-0.2, 0) is 34.4 Å². The molecule has 9 nitrogen and oxygen atoms in total. The van der Waals surface area contributed by atoms with Gasteiger partial charge in [0.25, 0.3) is 10.0 Å². The Morgan fingerprint density at radius 3 is 2.34 bits per heavy atom. The molecule has 1 N–H and O–H groups in total. The zero-order valence-electron chi connectivity index (χ0n) is 24.4. The number of nitrogens with one attached hydrogen (secondary N) is 1. The van der Waals surface area contributed by atoms with E-state index in [1.807, 2.05) is 58.0 Å². The van der Waals surface area contributed by atoms with Crippen molar-refractivity contribution in [2.75, 3.05) is 17.9 Å². The molecule has 2 aromatic carbocycles. The summed E-state index contributed by atoms with van der Waals surface area (Å²) in [6.45, 7) is 12.9. The third kappa shape index (κ3) is 6.89. The Morgan fingerprint density at radius 1 is 0.878 bits per heavy atom. The number of sulfonamides is 1. The molecule has 2 aromatic heterocycles. The van der Waals surface area contributed by atoms with Crippen molar-refractivity contribution < 1.29 is 27.2 Å². The van der Waals surface area contributed by atoms with E-state index < -0.39 is 10.0 Å². The minimum Gasteiger partial charge on any atom is -0.488 e. The van der Waals surface area contributed by atoms with Gasteiger partial charge in [-0.25, -0.2) is 13.1 Å². The SMILES string of the molecule is CCOCc1cc(COc2cc(CC)nc(C)c2OCC)ccc1-c1ccccc1S(=O)(=O)Nc1onc(C)c1C. The molecular formula is C31H37N3O6S. The van der Waals surface area contributed by atoms with Crippen molar-refractivity contribution >= 4 is 15.9 Å². The summed E-state index contributed by atoms with van der Waals surface area (Å²) in [6, 6.07) is 14.6. The number of rotatable bonds is 13. The van der Waals surface area contributed by atoms with Crippen LogP contribution < -0.4 is 14.2 Å². The molecular weight excluding hydrogens is 542 g/mol. The van der Waals surface area contributed by atoms with Crippen molar-refractivity contribution in [1.82, 2.24) is 10.1 Å².